The number of para-hydroxylation sites is 1. The Morgan fingerprint density at radius 1 is 0.978 bits per heavy atom. The van der Waals surface area contributed by atoms with Crippen molar-refractivity contribution in [1.82, 2.24) is 15.6 Å². The molecule has 2 amide bonds. The molecule has 234 valence electrons. The Hall–Kier alpha value is -3.89. The predicted molar refractivity (Wildman–Crippen MR) is 179 cm³/mol. The van der Waals surface area contributed by atoms with Crippen molar-refractivity contribution in [3.8, 4) is 0 Å². The molecule has 1 aromatic heterocycles. The summed E-state index contributed by atoms with van der Waals surface area (Å²) in [6.07, 6.45) is 4.32. The zero-order chi connectivity index (χ0) is 31.4. The minimum atomic E-state index is -0.970. The Kier molecular flexibility index (Phi) is 11.9. The normalized spacial score (nSPS) is 17.6. The van der Waals surface area contributed by atoms with Crippen LogP contribution in [0.3, 0.4) is 0 Å². The van der Waals surface area contributed by atoms with Crippen molar-refractivity contribution < 1.29 is 19.1 Å². The molecule has 0 unspecified atom stereocenters. The van der Waals surface area contributed by atoms with Crippen LogP contribution in [0.1, 0.15) is 29.0 Å². The van der Waals surface area contributed by atoms with Gasteiger partial charge in [-0.2, -0.15) is 0 Å². The van der Waals surface area contributed by atoms with Crippen LogP contribution in [0.4, 0.5) is 10.5 Å². The SMILES string of the molecule is COC(=O)N[C@H](C(=O)Nc1ccccc1CC[C@@H]1CNC[C@@H](CSc2ccc(Cl)cc2)O1)[C@@H](c1ccccc1)c1cccnc1. The lowest BCUT2D eigenvalue weighted by molar-refractivity contribution is -0.118. The molecule has 1 fully saturated rings. The lowest BCUT2D eigenvalue weighted by Crippen LogP contribution is -2.48. The maximum absolute atomic E-state index is 14.0. The second-order valence-corrected chi connectivity index (χ2v) is 12.3. The number of anilines is 1. The van der Waals surface area contributed by atoms with Crippen molar-refractivity contribution >= 4 is 41.1 Å². The number of nitrogens with zero attached hydrogens (tertiary/aromatic N) is 1. The summed E-state index contributed by atoms with van der Waals surface area (Å²) in [4.78, 5) is 32.0. The molecule has 45 heavy (non-hydrogen) atoms. The van der Waals surface area contributed by atoms with Crippen molar-refractivity contribution in [1.29, 1.82) is 0 Å². The van der Waals surface area contributed by atoms with Gasteiger partial charge in [-0.1, -0.05) is 66.2 Å². The van der Waals surface area contributed by atoms with Crippen LogP contribution in [-0.2, 0) is 20.7 Å². The fraction of sp³-hybridized carbons (Fsp3) is 0.286. The highest BCUT2D eigenvalue weighted by Gasteiger charge is 2.33. The molecule has 1 saturated heterocycles. The third-order valence-electron chi connectivity index (χ3n) is 7.67. The Morgan fingerprint density at radius 3 is 2.47 bits per heavy atom. The predicted octanol–water partition coefficient (Wildman–Crippen LogP) is 6.31. The van der Waals surface area contributed by atoms with Crippen LogP contribution in [0.25, 0.3) is 0 Å². The van der Waals surface area contributed by atoms with Crippen LogP contribution >= 0.6 is 23.4 Å². The van der Waals surface area contributed by atoms with E-state index < -0.39 is 18.1 Å². The van der Waals surface area contributed by atoms with E-state index in [-0.39, 0.29) is 18.1 Å². The molecule has 5 rings (SSSR count). The molecule has 0 bridgehead atoms. The number of amides is 2. The summed E-state index contributed by atoms with van der Waals surface area (Å²) in [6, 6.07) is 27.9. The number of halogens is 1. The van der Waals surface area contributed by atoms with Gasteiger partial charge in [-0.25, -0.2) is 4.79 Å². The second-order valence-electron chi connectivity index (χ2n) is 10.8. The largest absolute Gasteiger partial charge is 0.453 e. The van der Waals surface area contributed by atoms with E-state index in [1.54, 1.807) is 24.2 Å². The van der Waals surface area contributed by atoms with Crippen molar-refractivity contribution in [2.45, 2.75) is 41.9 Å². The van der Waals surface area contributed by atoms with Gasteiger partial charge < -0.3 is 25.4 Å². The summed E-state index contributed by atoms with van der Waals surface area (Å²) >= 11 is 7.77. The first-order chi connectivity index (χ1) is 22.0. The van der Waals surface area contributed by atoms with Crippen LogP contribution in [0.15, 0.2) is 108 Å². The van der Waals surface area contributed by atoms with E-state index in [1.165, 1.54) is 7.11 Å². The van der Waals surface area contributed by atoms with E-state index in [0.29, 0.717) is 12.1 Å². The molecular weight excluding hydrogens is 608 g/mol. The number of alkyl carbamates (subject to hydrolysis) is 1. The van der Waals surface area contributed by atoms with Gasteiger partial charge in [0.25, 0.3) is 0 Å². The number of carbonyl (C=O) groups is 2. The monoisotopic (exact) mass is 644 g/mol. The van der Waals surface area contributed by atoms with E-state index in [9.17, 15) is 9.59 Å². The first kappa shape index (κ1) is 32.5. The lowest BCUT2D eigenvalue weighted by atomic mass is 9.85. The molecule has 3 N–H and O–H groups in total. The average molecular weight is 645 g/mol. The van der Waals surface area contributed by atoms with E-state index in [4.69, 9.17) is 21.1 Å². The number of ether oxygens (including phenoxy) is 2. The molecule has 3 aromatic carbocycles. The molecule has 4 aromatic rings. The quantitative estimate of drug-likeness (QED) is 0.155. The topological polar surface area (TPSA) is 102 Å². The summed E-state index contributed by atoms with van der Waals surface area (Å²) in [7, 11) is 1.28. The second kappa shape index (κ2) is 16.4. The van der Waals surface area contributed by atoms with Gasteiger partial charge >= 0.3 is 6.09 Å². The van der Waals surface area contributed by atoms with E-state index in [0.717, 1.165) is 51.9 Å². The average Bonchev–Trinajstić information content (AvgIpc) is 3.08. The van der Waals surface area contributed by atoms with Crippen LogP contribution in [-0.4, -0.2) is 61.2 Å². The Bertz CT molecular complexity index is 1490. The maximum atomic E-state index is 14.0. The number of thioether (sulfide) groups is 1. The molecular formula is C35H37ClN4O4S. The molecule has 0 aliphatic carbocycles. The standard InChI is InChI=1S/C35H37ClN4O4S/c1-43-35(42)40-33(32(25-9-3-2-4-10-25)26-11-7-19-37-20-26)34(41)39-31-12-6-5-8-24(31)13-16-28-21-38-22-29(44-28)23-45-30-17-14-27(36)15-18-30/h2-12,14-15,17-20,28-29,32-33,38H,13,16,21-23H2,1H3,(H,39,41)(H,40,42)/t28-,29+,32+,33+/m1/s1. The van der Waals surface area contributed by atoms with Crippen LogP contribution in [0, 0.1) is 0 Å². The fourth-order valence-corrected chi connectivity index (χ4v) is 6.46. The highest BCUT2D eigenvalue weighted by atomic mass is 35.5. The summed E-state index contributed by atoms with van der Waals surface area (Å²) in [6.45, 7) is 1.57. The van der Waals surface area contributed by atoms with Crippen molar-refractivity contribution in [3.05, 3.63) is 125 Å². The van der Waals surface area contributed by atoms with Gasteiger partial charge in [-0.3, -0.25) is 9.78 Å². The first-order valence-electron chi connectivity index (χ1n) is 14.9. The molecule has 1 aliphatic heterocycles. The summed E-state index contributed by atoms with van der Waals surface area (Å²) in [5.74, 6) is -0.0257. The summed E-state index contributed by atoms with van der Waals surface area (Å²) in [5, 5.41) is 10.1. The van der Waals surface area contributed by atoms with E-state index >= 15 is 0 Å². The van der Waals surface area contributed by atoms with E-state index in [2.05, 4.69) is 20.9 Å². The number of methoxy groups -OCH3 is 1. The number of aryl methyl sites for hydroxylation is 1. The molecule has 1 aliphatic rings. The number of carbonyl (C=O) groups excluding carboxylic acids is 2. The van der Waals surface area contributed by atoms with Crippen LogP contribution < -0.4 is 16.0 Å². The van der Waals surface area contributed by atoms with Crippen molar-refractivity contribution in [2.75, 3.05) is 31.3 Å². The number of hydrogen-bond acceptors (Lipinski definition) is 7. The number of pyridine rings is 1. The van der Waals surface area contributed by atoms with Gasteiger partial charge in [0.1, 0.15) is 6.04 Å². The maximum Gasteiger partial charge on any atom is 0.407 e. The minimum Gasteiger partial charge on any atom is -0.453 e. The van der Waals surface area contributed by atoms with Gasteiger partial charge in [0.2, 0.25) is 5.91 Å². The van der Waals surface area contributed by atoms with Crippen molar-refractivity contribution in [3.63, 3.8) is 0 Å². The molecule has 10 heteroatoms. The number of benzene rings is 3. The summed E-state index contributed by atoms with van der Waals surface area (Å²) in [5.41, 5.74) is 3.33. The zero-order valence-corrected chi connectivity index (χ0v) is 26.6. The lowest BCUT2D eigenvalue weighted by Gasteiger charge is -2.31. The van der Waals surface area contributed by atoms with Crippen LogP contribution in [0.2, 0.25) is 5.02 Å². The fourth-order valence-electron chi connectivity index (χ4n) is 5.43. The molecule has 0 saturated carbocycles. The third-order valence-corrected chi connectivity index (χ3v) is 9.06. The highest BCUT2D eigenvalue weighted by molar-refractivity contribution is 7.99. The zero-order valence-electron chi connectivity index (χ0n) is 25.0. The minimum absolute atomic E-state index is 0.0418. The Morgan fingerprint density at radius 2 is 1.71 bits per heavy atom. The van der Waals surface area contributed by atoms with Crippen molar-refractivity contribution in [2.24, 2.45) is 0 Å². The Labute approximate surface area is 273 Å². The first-order valence-corrected chi connectivity index (χ1v) is 16.3. The number of rotatable bonds is 12. The number of aromatic nitrogens is 1. The van der Waals surface area contributed by atoms with Crippen LogP contribution in [0.5, 0.6) is 0 Å². The third kappa shape index (κ3) is 9.31. The molecule has 0 radical (unpaired) electrons. The molecule has 8 nitrogen and oxygen atoms in total. The highest BCUT2D eigenvalue weighted by Crippen LogP contribution is 2.30. The molecule has 4 atom stereocenters. The van der Waals surface area contributed by atoms with Gasteiger partial charge in [-0.05, 0) is 65.9 Å². The smallest absolute Gasteiger partial charge is 0.407 e. The summed E-state index contributed by atoms with van der Waals surface area (Å²) < 4.78 is 11.4. The van der Waals surface area contributed by atoms with Gasteiger partial charge in [0, 0.05) is 52.8 Å². The molecule has 2 heterocycles. The van der Waals surface area contributed by atoms with Gasteiger partial charge in [0.05, 0.1) is 19.3 Å². The van der Waals surface area contributed by atoms with Gasteiger partial charge in [0.15, 0.2) is 0 Å². The van der Waals surface area contributed by atoms with Gasteiger partial charge in [-0.15, -0.1) is 11.8 Å². The number of morpholine rings is 1. The number of hydrogen-bond donors (Lipinski definition) is 3. The Balaban J connectivity index is 1.27. The van der Waals surface area contributed by atoms with E-state index in [1.807, 2.05) is 91.0 Å². The number of nitrogens with one attached hydrogen (secondary N) is 3. The molecule has 0 spiro atoms.